The third kappa shape index (κ3) is 7.94. The summed E-state index contributed by atoms with van der Waals surface area (Å²) < 4.78 is 5.57. The predicted octanol–water partition coefficient (Wildman–Crippen LogP) is 3.94. The first-order chi connectivity index (χ1) is 13.2. The Morgan fingerprint density at radius 1 is 0.889 bits per heavy atom. The predicted molar refractivity (Wildman–Crippen MR) is 108 cm³/mol. The van der Waals surface area contributed by atoms with Crippen molar-refractivity contribution in [2.75, 3.05) is 18.5 Å². The van der Waals surface area contributed by atoms with E-state index in [1.165, 1.54) is 5.56 Å². The van der Waals surface area contributed by atoms with Crippen LogP contribution < -0.4 is 15.4 Å². The van der Waals surface area contributed by atoms with Crippen LogP contribution in [0.3, 0.4) is 0 Å². The Balaban J connectivity index is 1.64. The van der Waals surface area contributed by atoms with Crippen LogP contribution in [-0.2, 0) is 16.0 Å². The lowest BCUT2D eigenvalue weighted by Gasteiger charge is -2.08. The molecule has 2 rings (SSSR count). The van der Waals surface area contributed by atoms with Crippen molar-refractivity contribution in [2.24, 2.45) is 0 Å². The van der Waals surface area contributed by atoms with Crippen molar-refractivity contribution >= 4 is 17.5 Å². The molecular weight excluding hydrogens is 340 g/mol. The maximum Gasteiger partial charge on any atom is 0.313 e. The number of benzene rings is 2. The molecule has 0 radical (unpaired) electrons. The van der Waals surface area contributed by atoms with Crippen molar-refractivity contribution < 1.29 is 14.3 Å². The van der Waals surface area contributed by atoms with Gasteiger partial charge in [0.05, 0.1) is 6.61 Å². The highest BCUT2D eigenvalue weighted by Gasteiger charge is 2.12. The molecule has 5 heteroatoms. The second-order valence-electron chi connectivity index (χ2n) is 6.38. The van der Waals surface area contributed by atoms with Gasteiger partial charge >= 0.3 is 11.8 Å². The SMILES string of the molecule is CCCCOc1ccc(NC(=O)C(=O)NCCCCc2ccccc2)cc1. The molecule has 0 fully saturated rings. The quantitative estimate of drug-likeness (QED) is 0.493. The molecule has 5 nitrogen and oxygen atoms in total. The fourth-order valence-electron chi connectivity index (χ4n) is 2.54. The smallest absolute Gasteiger partial charge is 0.313 e. The molecule has 0 spiro atoms. The van der Waals surface area contributed by atoms with E-state index in [2.05, 4.69) is 29.7 Å². The molecule has 0 atom stereocenters. The Bertz CT molecular complexity index is 699. The van der Waals surface area contributed by atoms with Gasteiger partial charge in [0.15, 0.2) is 0 Å². The largest absolute Gasteiger partial charge is 0.494 e. The first-order valence-corrected chi connectivity index (χ1v) is 9.55. The van der Waals surface area contributed by atoms with Crippen molar-refractivity contribution in [1.82, 2.24) is 5.32 Å². The molecule has 27 heavy (non-hydrogen) atoms. The van der Waals surface area contributed by atoms with Gasteiger partial charge in [0.2, 0.25) is 0 Å². The van der Waals surface area contributed by atoms with E-state index < -0.39 is 11.8 Å². The van der Waals surface area contributed by atoms with Gasteiger partial charge in [-0.25, -0.2) is 0 Å². The molecule has 0 aliphatic carbocycles. The van der Waals surface area contributed by atoms with Crippen LogP contribution in [0.5, 0.6) is 5.75 Å². The third-order valence-corrected chi connectivity index (χ3v) is 4.11. The van der Waals surface area contributed by atoms with E-state index in [0.717, 1.165) is 37.9 Å². The van der Waals surface area contributed by atoms with E-state index in [1.54, 1.807) is 24.3 Å². The van der Waals surface area contributed by atoms with Crippen LogP contribution in [0.4, 0.5) is 5.69 Å². The molecule has 0 bridgehead atoms. The molecule has 2 amide bonds. The van der Waals surface area contributed by atoms with Crippen LogP contribution in [0.1, 0.15) is 38.2 Å². The Kier molecular flexibility index (Phi) is 8.90. The fraction of sp³-hybridized carbons (Fsp3) is 0.364. The summed E-state index contributed by atoms with van der Waals surface area (Å²) in [7, 11) is 0. The minimum atomic E-state index is -0.655. The van der Waals surface area contributed by atoms with Crippen LogP contribution >= 0.6 is 0 Å². The van der Waals surface area contributed by atoms with Crippen LogP contribution in [0.25, 0.3) is 0 Å². The van der Waals surface area contributed by atoms with Crippen molar-refractivity contribution in [1.29, 1.82) is 0 Å². The molecule has 0 heterocycles. The number of amides is 2. The lowest BCUT2D eigenvalue weighted by molar-refractivity contribution is -0.136. The number of aryl methyl sites for hydroxylation is 1. The standard InChI is InChI=1S/C22H28N2O3/c1-2-3-17-27-20-14-12-19(13-15-20)24-22(26)21(25)23-16-8-7-11-18-9-5-4-6-10-18/h4-6,9-10,12-15H,2-3,7-8,11,16-17H2,1H3,(H,23,25)(H,24,26). The van der Waals surface area contributed by atoms with Gasteiger partial charge in [-0.3, -0.25) is 9.59 Å². The molecular formula is C22H28N2O3. The van der Waals surface area contributed by atoms with Gasteiger partial charge in [-0.2, -0.15) is 0 Å². The fourth-order valence-corrected chi connectivity index (χ4v) is 2.54. The highest BCUT2D eigenvalue weighted by molar-refractivity contribution is 6.39. The van der Waals surface area contributed by atoms with Gasteiger partial charge in [-0.05, 0) is 55.5 Å². The highest BCUT2D eigenvalue weighted by Crippen LogP contribution is 2.16. The van der Waals surface area contributed by atoms with Crippen LogP contribution in [0, 0.1) is 0 Å². The molecule has 2 aromatic rings. The summed E-state index contributed by atoms with van der Waals surface area (Å²) in [5.41, 5.74) is 1.85. The molecule has 0 unspecified atom stereocenters. The van der Waals surface area contributed by atoms with Crippen LogP contribution in [0.15, 0.2) is 54.6 Å². The monoisotopic (exact) mass is 368 g/mol. The van der Waals surface area contributed by atoms with Crippen molar-refractivity contribution in [2.45, 2.75) is 39.0 Å². The van der Waals surface area contributed by atoms with Gasteiger partial charge in [0.25, 0.3) is 0 Å². The molecule has 2 aromatic carbocycles. The topological polar surface area (TPSA) is 67.4 Å². The van der Waals surface area contributed by atoms with E-state index in [-0.39, 0.29) is 0 Å². The Morgan fingerprint density at radius 3 is 2.33 bits per heavy atom. The lowest BCUT2D eigenvalue weighted by atomic mass is 10.1. The highest BCUT2D eigenvalue weighted by atomic mass is 16.5. The summed E-state index contributed by atoms with van der Waals surface area (Å²) in [6.45, 7) is 3.27. The average molecular weight is 368 g/mol. The Labute approximate surface area is 161 Å². The zero-order valence-corrected chi connectivity index (χ0v) is 15.9. The summed E-state index contributed by atoms with van der Waals surface area (Å²) in [4.78, 5) is 23.8. The summed E-state index contributed by atoms with van der Waals surface area (Å²) >= 11 is 0. The van der Waals surface area contributed by atoms with Crippen molar-refractivity contribution in [3.63, 3.8) is 0 Å². The second-order valence-corrected chi connectivity index (χ2v) is 6.38. The number of carbonyl (C=O) groups is 2. The molecule has 144 valence electrons. The second kappa shape index (κ2) is 11.7. The molecule has 2 N–H and O–H groups in total. The van der Waals surface area contributed by atoms with E-state index in [4.69, 9.17) is 4.74 Å². The number of hydrogen-bond acceptors (Lipinski definition) is 3. The molecule has 0 aliphatic heterocycles. The number of carbonyl (C=O) groups excluding carboxylic acids is 2. The number of nitrogens with one attached hydrogen (secondary N) is 2. The van der Waals surface area contributed by atoms with E-state index in [0.29, 0.717) is 18.8 Å². The summed E-state index contributed by atoms with van der Waals surface area (Å²) in [6.07, 6.45) is 4.85. The Hall–Kier alpha value is -2.82. The van der Waals surface area contributed by atoms with Crippen molar-refractivity contribution in [3.05, 3.63) is 60.2 Å². The van der Waals surface area contributed by atoms with Gasteiger partial charge in [0, 0.05) is 12.2 Å². The van der Waals surface area contributed by atoms with Gasteiger partial charge < -0.3 is 15.4 Å². The minimum Gasteiger partial charge on any atom is -0.494 e. The lowest BCUT2D eigenvalue weighted by Crippen LogP contribution is -2.35. The summed E-state index contributed by atoms with van der Waals surface area (Å²) in [5.74, 6) is -0.514. The summed E-state index contributed by atoms with van der Waals surface area (Å²) in [5, 5.41) is 5.26. The molecule has 0 aliphatic rings. The normalized spacial score (nSPS) is 10.3. The minimum absolute atomic E-state index is 0.489. The zero-order chi connectivity index (χ0) is 19.3. The average Bonchev–Trinajstić information content (AvgIpc) is 2.70. The summed E-state index contributed by atoms with van der Waals surface area (Å²) in [6, 6.07) is 17.2. The van der Waals surface area contributed by atoms with E-state index in [1.807, 2.05) is 18.2 Å². The zero-order valence-electron chi connectivity index (χ0n) is 15.9. The Morgan fingerprint density at radius 2 is 1.63 bits per heavy atom. The molecule has 0 aromatic heterocycles. The van der Waals surface area contributed by atoms with Crippen LogP contribution in [-0.4, -0.2) is 25.0 Å². The molecule has 0 saturated carbocycles. The van der Waals surface area contributed by atoms with Gasteiger partial charge in [-0.15, -0.1) is 0 Å². The van der Waals surface area contributed by atoms with Gasteiger partial charge in [0.1, 0.15) is 5.75 Å². The number of anilines is 1. The van der Waals surface area contributed by atoms with Crippen LogP contribution in [0.2, 0.25) is 0 Å². The maximum absolute atomic E-state index is 11.9. The van der Waals surface area contributed by atoms with Crippen molar-refractivity contribution in [3.8, 4) is 5.75 Å². The molecule has 0 saturated heterocycles. The maximum atomic E-state index is 11.9. The number of unbranched alkanes of at least 4 members (excludes halogenated alkanes) is 2. The first kappa shape index (κ1) is 20.5. The third-order valence-electron chi connectivity index (χ3n) is 4.11. The van der Waals surface area contributed by atoms with Gasteiger partial charge in [-0.1, -0.05) is 43.7 Å². The van der Waals surface area contributed by atoms with E-state index in [9.17, 15) is 9.59 Å². The van der Waals surface area contributed by atoms with E-state index >= 15 is 0 Å². The first-order valence-electron chi connectivity index (χ1n) is 9.55. The number of ether oxygens (including phenoxy) is 1. The number of hydrogen-bond donors (Lipinski definition) is 2. The number of rotatable bonds is 10.